The first-order chi connectivity index (χ1) is 13.0. The van der Waals surface area contributed by atoms with Gasteiger partial charge in [-0.1, -0.05) is 31.5 Å². The number of nitrogens with zero attached hydrogens (tertiary/aromatic N) is 4. The average Bonchev–Trinajstić information content (AvgIpc) is 2.68. The van der Waals surface area contributed by atoms with Crippen LogP contribution in [-0.4, -0.2) is 48.6 Å². The van der Waals surface area contributed by atoms with Gasteiger partial charge in [-0.05, 0) is 30.5 Å². The minimum atomic E-state index is -0.166. The van der Waals surface area contributed by atoms with Crippen molar-refractivity contribution in [2.24, 2.45) is 5.92 Å². The van der Waals surface area contributed by atoms with Crippen LogP contribution in [0.1, 0.15) is 30.8 Å². The lowest BCUT2D eigenvalue weighted by Crippen LogP contribution is -2.46. The van der Waals surface area contributed by atoms with Crippen LogP contribution in [0.25, 0.3) is 0 Å². The summed E-state index contributed by atoms with van der Waals surface area (Å²) in [5, 5.41) is 3.64. The zero-order valence-corrected chi connectivity index (χ0v) is 16.6. The predicted octanol–water partition coefficient (Wildman–Crippen LogP) is 3.23. The van der Waals surface area contributed by atoms with Gasteiger partial charge in [0, 0.05) is 43.4 Å². The van der Waals surface area contributed by atoms with E-state index in [4.69, 9.17) is 11.6 Å². The normalized spacial score (nSPS) is 14.5. The first kappa shape index (κ1) is 19.4. The lowest BCUT2D eigenvalue weighted by Gasteiger charge is -2.36. The zero-order chi connectivity index (χ0) is 19.2. The van der Waals surface area contributed by atoms with Crippen molar-refractivity contribution in [1.82, 2.24) is 15.3 Å². The van der Waals surface area contributed by atoms with Crippen molar-refractivity contribution in [1.29, 1.82) is 0 Å². The van der Waals surface area contributed by atoms with E-state index in [9.17, 15) is 4.79 Å². The predicted molar refractivity (Wildman–Crippen MR) is 110 cm³/mol. The standard InChI is InChI=1S/C20H26ClN5O/c1-15(2)6-7-22-20(27)18-13-24-19(14-23-18)26-10-8-25(9-11-26)17-5-3-4-16(21)12-17/h3-5,12-15H,6-11H2,1-2H3,(H,22,27). The molecule has 1 fully saturated rings. The van der Waals surface area contributed by atoms with Crippen LogP contribution in [0.4, 0.5) is 11.5 Å². The highest BCUT2D eigenvalue weighted by molar-refractivity contribution is 6.30. The van der Waals surface area contributed by atoms with Crippen molar-refractivity contribution in [2.75, 3.05) is 42.5 Å². The third-order valence-corrected chi connectivity index (χ3v) is 4.89. The number of aromatic nitrogens is 2. The van der Waals surface area contributed by atoms with E-state index in [0.29, 0.717) is 18.2 Å². The summed E-state index contributed by atoms with van der Waals surface area (Å²) in [7, 11) is 0. The van der Waals surface area contributed by atoms with Gasteiger partial charge in [0.25, 0.3) is 5.91 Å². The van der Waals surface area contributed by atoms with Crippen LogP contribution in [0.5, 0.6) is 0 Å². The molecule has 1 aromatic carbocycles. The summed E-state index contributed by atoms with van der Waals surface area (Å²) >= 11 is 6.09. The molecule has 0 bridgehead atoms. The number of hydrogen-bond donors (Lipinski definition) is 1. The Morgan fingerprint density at radius 2 is 1.89 bits per heavy atom. The molecule has 1 aliphatic rings. The molecule has 0 atom stereocenters. The number of carbonyl (C=O) groups is 1. The Labute approximate surface area is 165 Å². The molecule has 2 aromatic rings. The third kappa shape index (κ3) is 5.32. The molecule has 6 nitrogen and oxygen atoms in total. The van der Waals surface area contributed by atoms with Crippen LogP contribution < -0.4 is 15.1 Å². The number of benzene rings is 1. The Morgan fingerprint density at radius 1 is 1.15 bits per heavy atom. The maximum Gasteiger partial charge on any atom is 0.271 e. The highest BCUT2D eigenvalue weighted by Gasteiger charge is 2.19. The number of amides is 1. The molecule has 3 rings (SSSR count). The van der Waals surface area contributed by atoms with E-state index in [-0.39, 0.29) is 5.91 Å². The van der Waals surface area contributed by atoms with Crippen LogP contribution in [-0.2, 0) is 0 Å². The number of piperazine rings is 1. The van der Waals surface area contributed by atoms with Crippen molar-refractivity contribution in [2.45, 2.75) is 20.3 Å². The molecular formula is C20H26ClN5O. The second-order valence-electron chi connectivity index (χ2n) is 7.15. The van der Waals surface area contributed by atoms with E-state index in [0.717, 1.165) is 49.1 Å². The highest BCUT2D eigenvalue weighted by Crippen LogP contribution is 2.22. The van der Waals surface area contributed by atoms with Gasteiger partial charge >= 0.3 is 0 Å². The van der Waals surface area contributed by atoms with Gasteiger partial charge in [-0.15, -0.1) is 0 Å². The lowest BCUT2D eigenvalue weighted by molar-refractivity contribution is 0.0946. The molecule has 1 aliphatic heterocycles. The van der Waals surface area contributed by atoms with Crippen LogP contribution in [0.15, 0.2) is 36.7 Å². The first-order valence-electron chi connectivity index (χ1n) is 9.38. The van der Waals surface area contributed by atoms with Gasteiger partial charge in [0.1, 0.15) is 11.5 Å². The molecule has 7 heteroatoms. The summed E-state index contributed by atoms with van der Waals surface area (Å²) < 4.78 is 0. The zero-order valence-electron chi connectivity index (χ0n) is 15.9. The summed E-state index contributed by atoms with van der Waals surface area (Å²) in [6.45, 7) is 8.40. The molecule has 0 saturated carbocycles. The monoisotopic (exact) mass is 387 g/mol. The fourth-order valence-corrected chi connectivity index (χ4v) is 3.22. The SMILES string of the molecule is CC(C)CCNC(=O)c1cnc(N2CCN(c3cccc(Cl)c3)CC2)cn1. The van der Waals surface area contributed by atoms with E-state index < -0.39 is 0 Å². The third-order valence-electron chi connectivity index (χ3n) is 4.66. The fraction of sp³-hybridized carbons (Fsp3) is 0.450. The Morgan fingerprint density at radius 3 is 2.52 bits per heavy atom. The number of rotatable bonds is 6. The van der Waals surface area contributed by atoms with Gasteiger partial charge in [0.15, 0.2) is 0 Å². The second-order valence-corrected chi connectivity index (χ2v) is 7.59. The Balaban J connectivity index is 1.53. The molecule has 1 amide bonds. The van der Waals surface area contributed by atoms with Gasteiger partial charge in [-0.25, -0.2) is 9.97 Å². The van der Waals surface area contributed by atoms with E-state index in [2.05, 4.69) is 45.0 Å². The Kier molecular flexibility index (Phi) is 6.50. The summed E-state index contributed by atoms with van der Waals surface area (Å²) in [4.78, 5) is 25.3. The van der Waals surface area contributed by atoms with E-state index >= 15 is 0 Å². The van der Waals surface area contributed by atoms with Crippen molar-refractivity contribution in [3.8, 4) is 0 Å². The molecule has 0 spiro atoms. The number of anilines is 2. The molecule has 144 valence electrons. The van der Waals surface area contributed by atoms with Gasteiger partial charge in [0.05, 0.1) is 12.4 Å². The molecular weight excluding hydrogens is 362 g/mol. The highest BCUT2D eigenvalue weighted by atomic mass is 35.5. The van der Waals surface area contributed by atoms with E-state index in [1.165, 1.54) is 0 Å². The minimum absolute atomic E-state index is 0.166. The Hall–Kier alpha value is -2.34. The molecule has 0 radical (unpaired) electrons. The number of hydrogen-bond acceptors (Lipinski definition) is 5. The van der Waals surface area contributed by atoms with Gasteiger partial charge in [0.2, 0.25) is 0 Å². The topological polar surface area (TPSA) is 61.4 Å². The second kappa shape index (κ2) is 9.04. The van der Waals surface area contributed by atoms with Crippen LogP contribution >= 0.6 is 11.6 Å². The average molecular weight is 388 g/mol. The largest absolute Gasteiger partial charge is 0.368 e. The fourth-order valence-electron chi connectivity index (χ4n) is 3.03. The van der Waals surface area contributed by atoms with Crippen molar-refractivity contribution in [3.05, 3.63) is 47.4 Å². The number of halogens is 1. The summed E-state index contributed by atoms with van der Waals surface area (Å²) in [6, 6.07) is 7.93. The summed E-state index contributed by atoms with van der Waals surface area (Å²) in [5.41, 5.74) is 1.50. The van der Waals surface area contributed by atoms with Gasteiger partial charge in [-0.2, -0.15) is 0 Å². The number of nitrogens with one attached hydrogen (secondary N) is 1. The summed E-state index contributed by atoms with van der Waals surface area (Å²) in [5.74, 6) is 1.20. The maximum atomic E-state index is 12.1. The van der Waals surface area contributed by atoms with Gasteiger partial charge in [-0.3, -0.25) is 4.79 Å². The molecule has 1 N–H and O–H groups in total. The van der Waals surface area contributed by atoms with E-state index in [1.807, 2.05) is 18.2 Å². The van der Waals surface area contributed by atoms with Crippen LogP contribution in [0.2, 0.25) is 5.02 Å². The first-order valence-corrected chi connectivity index (χ1v) is 9.76. The van der Waals surface area contributed by atoms with Crippen LogP contribution in [0.3, 0.4) is 0 Å². The maximum absolute atomic E-state index is 12.1. The van der Waals surface area contributed by atoms with E-state index in [1.54, 1.807) is 12.4 Å². The Bertz CT molecular complexity index is 757. The summed E-state index contributed by atoms with van der Waals surface area (Å²) in [6.07, 6.45) is 4.20. The quantitative estimate of drug-likeness (QED) is 0.824. The lowest BCUT2D eigenvalue weighted by atomic mass is 10.1. The molecule has 1 aromatic heterocycles. The van der Waals surface area contributed by atoms with Crippen LogP contribution in [0, 0.1) is 5.92 Å². The van der Waals surface area contributed by atoms with Gasteiger partial charge < -0.3 is 15.1 Å². The molecule has 0 unspecified atom stereocenters. The van der Waals surface area contributed by atoms with Crippen molar-refractivity contribution in [3.63, 3.8) is 0 Å². The molecule has 0 aliphatic carbocycles. The molecule has 2 heterocycles. The molecule has 1 saturated heterocycles. The minimum Gasteiger partial charge on any atom is -0.368 e. The van der Waals surface area contributed by atoms with Crippen molar-refractivity contribution < 1.29 is 4.79 Å². The van der Waals surface area contributed by atoms with Crippen molar-refractivity contribution >= 4 is 29.0 Å². The number of carbonyl (C=O) groups excluding carboxylic acids is 1. The smallest absolute Gasteiger partial charge is 0.271 e. The molecule has 27 heavy (non-hydrogen) atoms.